The van der Waals surface area contributed by atoms with E-state index in [-0.39, 0.29) is 11.3 Å². The lowest BCUT2D eigenvalue weighted by atomic mass is 9.75. The first kappa shape index (κ1) is 14.6. The summed E-state index contributed by atoms with van der Waals surface area (Å²) >= 11 is 0. The molecule has 2 saturated carbocycles. The highest BCUT2D eigenvalue weighted by Gasteiger charge is 2.69. The Morgan fingerprint density at radius 1 is 1.32 bits per heavy atom. The average molecular weight is 271 g/mol. The molecule has 2 aliphatic rings. The summed E-state index contributed by atoms with van der Waals surface area (Å²) in [5.74, 6) is 0.0115. The van der Waals surface area contributed by atoms with Crippen LogP contribution < -0.4 is 5.32 Å². The Bertz CT molecular complexity index is 387. The van der Waals surface area contributed by atoms with Gasteiger partial charge in [0.2, 0.25) is 0 Å². The molecule has 3 N–H and O–H groups in total. The summed E-state index contributed by atoms with van der Waals surface area (Å²) in [6, 6.07) is 0. The SMILES string of the molecule is CC(C)(C)OC(=O)N[C@]12CC[C@H]([C@@H](O)[C@H]1O)C2(C)C. The molecule has 110 valence electrons. The second kappa shape index (κ2) is 4.09. The summed E-state index contributed by atoms with van der Waals surface area (Å²) in [4.78, 5) is 12.0. The molecule has 19 heavy (non-hydrogen) atoms. The van der Waals surface area contributed by atoms with Gasteiger partial charge >= 0.3 is 6.09 Å². The third-order valence-corrected chi connectivity index (χ3v) is 4.89. The molecule has 0 unspecified atom stereocenters. The minimum atomic E-state index is -0.936. The van der Waals surface area contributed by atoms with Gasteiger partial charge in [0.05, 0.1) is 11.6 Å². The first-order valence-electron chi connectivity index (χ1n) is 6.88. The lowest BCUT2D eigenvalue weighted by Crippen LogP contribution is -2.61. The fourth-order valence-electron chi connectivity index (χ4n) is 3.82. The second-order valence-electron chi connectivity index (χ2n) is 7.40. The zero-order chi connectivity index (χ0) is 14.6. The molecule has 0 heterocycles. The minimum Gasteiger partial charge on any atom is -0.444 e. The van der Waals surface area contributed by atoms with E-state index in [2.05, 4.69) is 5.32 Å². The van der Waals surface area contributed by atoms with Crippen molar-refractivity contribution in [3.63, 3.8) is 0 Å². The molecule has 0 saturated heterocycles. The number of alkyl carbamates (subject to hydrolysis) is 1. The number of carbonyl (C=O) groups excluding carboxylic acids is 1. The Labute approximate surface area is 114 Å². The van der Waals surface area contributed by atoms with Crippen LogP contribution >= 0.6 is 0 Å². The van der Waals surface area contributed by atoms with Crippen molar-refractivity contribution in [1.29, 1.82) is 0 Å². The zero-order valence-electron chi connectivity index (χ0n) is 12.4. The molecule has 5 heteroatoms. The van der Waals surface area contributed by atoms with Gasteiger partial charge in [-0.2, -0.15) is 0 Å². The number of aliphatic hydroxyl groups excluding tert-OH is 2. The van der Waals surface area contributed by atoms with Gasteiger partial charge in [-0.15, -0.1) is 0 Å². The molecule has 0 spiro atoms. The number of rotatable bonds is 1. The van der Waals surface area contributed by atoms with E-state index in [1.165, 1.54) is 0 Å². The third-order valence-electron chi connectivity index (χ3n) is 4.89. The number of fused-ring (bicyclic) bond motifs is 2. The number of hydrogen-bond acceptors (Lipinski definition) is 4. The highest BCUT2D eigenvalue weighted by Crippen LogP contribution is 2.60. The maximum absolute atomic E-state index is 12.0. The predicted octanol–water partition coefficient (Wildman–Crippen LogP) is 1.42. The van der Waals surface area contributed by atoms with Gasteiger partial charge in [-0.25, -0.2) is 4.79 Å². The van der Waals surface area contributed by atoms with Crippen LogP contribution in [-0.4, -0.2) is 39.7 Å². The van der Waals surface area contributed by atoms with Crippen molar-refractivity contribution in [2.45, 2.75) is 70.8 Å². The van der Waals surface area contributed by atoms with Crippen molar-refractivity contribution >= 4 is 6.09 Å². The quantitative estimate of drug-likeness (QED) is 0.674. The van der Waals surface area contributed by atoms with Crippen molar-refractivity contribution in [2.75, 3.05) is 0 Å². The van der Waals surface area contributed by atoms with Crippen molar-refractivity contribution in [1.82, 2.24) is 5.32 Å². The molecular weight excluding hydrogens is 246 g/mol. The average Bonchev–Trinajstić information content (AvgIpc) is 2.51. The fourth-order valence-corrected chi connectivity index (χ4v) is 3.82. The van der Waals surface area contributed by atoms with Gasteiger partial charge in [0, 0.05) is 0 Å². The van der Waals surface area contributed by atoms with E-state index < -0.39 is 29.4 Å². The number of carbonyl (C=O) groups is 1. The zero-order valence-corrected chi connectivity index (χ0v) is 12.4. The number of ether oxygens (including phenoxy) is 1. The van der Waals surface area contributed by atoms with Crippen LogP contribution in [0, 0.1) is 11.3 Å². The lowest BCUT2D eigenvalue weighted by Gasteiger charge is -2.41. The highest BCUT2D eigenvalue weighted by atomic mass is 16.6. The van der Waals surface area contributed by atoms with Crippen molar-refractivity contribution < 1.29 is 19.7 Å². The summed E-state index contributed by atoms with van der Waals surface area (Å²) < 4.78 is 5.28. The Morgan fingerprint density at radius 3 is 2.32 bits per heavy atom. The maximum Gasteiger partial charge on any atom is 0.408 e. The van der Waals surface area contributed by atoms with Crippen LogP contribution in [0.15, 0.2) is 0 Å². The van der Waals surface area contributed by atoms with E-state index in [1.54, 1.807) is 20.8 Å². The number of amides is 1. The predicted molar refractivity (Wildman–Crippen MR) is 70.6 cm³/mol. The molecule has 2 aliphatic carbocycles. The summed E-state index contributed by atoms with van der Waals surface area (Å²) in [7, 11) is 0. The van der Waals surface area contributed by atoms with E-state index in [1.807, 2.05) is 13.8 Å². The van der Waals surface area contributed by atoms with E-state index in [0.29, 0.717) is 6.42 Å². The van der Waals surface area contributed by atoms with Gasteiger partial charge in [-0.3, -0.25) is 0 Å². The van der Waals surface area contributed by atoms with Crippen LogP contribution in [0.3, 0.4) is 0 Å². The standard InChI is InChI=1S/C14H25NO4/c1-12(2,3)19-11(18)15-14-7-6-8(13(14,4)5)9(16)10(14)17/h8-10,16-17H,6-7H2,1-5H3,(H,15,18)/t8-,9-,10-,14-/m1/s1. The molecule has 2 fully saturated rings. The summed E-state index contributed by atoms with van der Waals surface area (Å²) in [5.41, 5.74) is -1.72. The Morgan fingerprint density at radius 2 is 1.89 bits per heavy atom. The Kier molecular flexibility index (Phi) is 3.14. The first-order valence-corrected chi connectivity index (χ1v) is 6.88. The molecule has 1 amide bonds. The maximum atomic E-state index is 12.0. The molecule has 0 aliphatic heterocycles. The molecule has 0 aromatic rings. The molecule has 0 radical (unpaired) electrons. The summed E-state index contributed by atoms with van der Waals surface area (Å²) in [6.07, 6.45) is -0.773. The van der Waals surface area contributed by atoms with E-state index >= 15 is 0 Å². The highest BCUT2D eigenvalue weighted by molar-refractivity contribution is 5.69. The topological polar surface area (TPSA) is 78.8 Å². The van der Waals surface area contributed by atoms with Gasteiger partial charge < -0.3 is 20.3 Å². The first-order chi connectivity index (χ1) is 8.51. The van der Waals surface area contributed by atoms with Gasteiger partial charge in [-0.05, 0) is 44.9 Å². The molecule has 0 aromatic carbocycles. The van der Waals surface area contributed by atoms with Crippen molar-refractivity contribution in [2.24, 2.45) is 11.3 Å². The van der Waals surface area contributed by atoms with Crippen LogP contribution in [0.25, 0.3) is 0 Å². The molecule has 2 rings (SSSR count). The summed E-state index contributed by atoms with van der Waals surface area (Å²) in [6.45, 7) is 9.37. The van der Waals surface area contributed by atoms with Crippen LogP contribution in [0.2, 0.25) is 0 Å². The molecule has 0 aromatic heterocycles. The second-order valence-corrected chi connectivity index (χ2v) is 7.40. The van der Waals surface area contributed by atoms with Crippen LogP contribution in [-0.2, 0) is 4.74 Å². The van der Waals surface area contributed by atoms with E-state index in [0.717, 1.165) is 6.42 Å². The van der Waals surface area contributed by atoms with E-state index in [4.69, 9.17) is 4.74 Å². The van der Waals surface area contributed by atoms with Crippen LogP contribution in [0.4, 0.5) is 4.79 Å². The monoisotopic (exact) mass is 271 g/mol. The Hall–Kier alpha value is -0.810. The minimum absolute atomic E-state index is 0.0115. The Balaban J connectivity index is 2.20. The largest absolute Gasteiger partial charge is 0.444 e. The van der Waals surface area contributed by atoms with Crippen LogP contribution in [0.5, 0.6) is 0 Å². The molecule has 4 atom stereocenters. The third kappa shape index (κ3) is 2.03. The summed E-state index contributed by atoms with van der Waals surface area (Å²) in [5, 5.41) is 23.2. The number of aliphatic hydroxyl groups is 2. The van der Waals surface area contributed by atoms with Gasteiger partial charge in [0.1, 0.15) is 11.7 Å². The smallest absolute Gasteiger partial charge is 0.408 e. The fraction of sp³-hybridized carbons (Fsp3) is 0.929. The normalized spacial score (nSPS) is 40.3. The van der Waals surface area contributed by atoms with E-state index in [9.17, 15) is 15.0 Å². The van der Waals surface area contributed by atoms with Gasteiger partial charge in [0.15, 0.2) is 0 Å². The molecule has 2 bridgehead atoms. The van der Waals surface area contributed by atoms with Gasteiger partial charge in [0.25, 0.3) is 0 Å². The number of hydrogen-bond donors (Lipinski definition) is 3. The van der Waals surface area contributed by atoms with Gasteiger partial charge in [-0.1, -0.05) is 13.8 Å². The molecule has 5 nitrogen and oxygen atoms in total. The number of nitrogens with one attached hydrogen (secondary N) is 1. The molecular formula is C14H25NO4. The lowest BCUT2D eigenvalue weighted by molar-refractivity contribution is -0.0392. The van der Waals surface area contributed by atoms with Crippen LogP contribution in [0.1, 0.15) is 47.5 Å². The van der Waals surface area contributed by atoms with Crippen molar-refractivity contribution in [3.8, 4) is 0 Å². The van der Waals surface area contributed by atoms with Crippen molar-refractivity contribution in [3.05, 3.63) is 0 Å².